The van der Waals surface area contributed by atoms with Crippen molar-refractivity contribution in [1.29, 1.82) is 0 Å². The van der Waals surface area contributed by atoms with Gasteiger partial charge in [0.2, 0.25) is 5.91 Å². The highest BCUT2D eigenvalue weighted by atomic mass is 32.2. The second-order valence-corrected chi connectivity index (χ2v) is 6.71. The summed E-state index contributed by atoms with van der Waals surface area (Å²) >= 11 is 0. The van der Waals surface area contributed by atoms with Crippen molar-refractivity contribution in [3.63, 3.8) is 0 Å². The van der Waals surface area contributed by atoms with Crippen LogP contribution in [0.1, 0.15) is 32.1 Å². The quantitative estimate of drug-likeness (QED) is 0.765. The average Bonchev–Trinajstić information content (AvgIpc) is 2.54. The summed E-state index contributed by atoms with van der Waals surface area (Å²) in [6.07, 6.45) is 4.65. The lowest BCUT2D eigenvalue weighted by atomic mass is 10.2. The molecule has 1 fully saturated rings. The standard InChI is InChI=1S/C11H22N2O3S/c12-6-5-9-17(15,16)10-11(14)13-7-3-1-2-4-8-13/h1-10,12H2. The van der Waals surface area contributed by atoms with E-state index in [0.29, 0.717) is 26.1 Å². The Hall–Kier alpha value is -0.620. The molecule has 100 valence electrons. The van der Waals surface area contributed by atoms with Gasteiger partial charge in [0.25, 0.3) is 0 Å². The number of rotatable bonds is 5. The summed E-state index contributed by atoms with van der Waals surface area (Å²) in [4.78, 5) is 13.5. The SMILES string of the molecule is NCCCS(=O)(=O)CC(=O)N1CCCCCC1. The molecule has 2 N–H and O–H groups in total. The van der Waals surface area contributed by atoms with E-state index < -0.39 is 9.84 Å². The smallest absolute Gasteiger partial charge is 0.237 e. The predicted molar refractivity (Wildman–Crippen MR) is 67.4 cm³/mol. The fraction of sp³-hybridized carbons (Fsp3) is 0.909. The van der Waals surface area contributed by atoms with Crippen LogP contribution in [0.2, 0.25) is 0 Å². The third kappa shape index (κ3) is 5.50. The molecule has 1 aliphatic heterocycles. The monoisotopic (exact) mass is 262 g/mol. The Labute approximate surface area is 103 Å². The zero-order valence-corrected chi connectivity index (χ0v) is 11.0. The molecule has 1 rings (SSSR count). The van der Waals surface area contributed by atoms with Crippen molar-refractivity contribution < 1.29 is 13.2 Å². The molecular weight excluding hydrogens is 240 g/mol. The first-order valence-corrected chi connectivity index (χ1v) is 8.05. The second-order valence-electron chi connectivity index (χ2n) is 4.53. The van der Waals surface area contributed by atoms with Crippen molar-refractivity contribution in [1.82, 2.24) is 4.90 Å². The Kier molecular flexibility index (Phi) is 5.91. The number of amides is 1. The first-order valence-electron chi connectivity index (χ1n) is 6.23. The molecule has 0 aromatic rings. The van der Waals surface area contributed by atoms with Crippen LogP contribution < -0.4 is 5.73 Å². The molecule has 0 saturated carbocycles. The average molecular weight is 262 g/mol. The molecule has 0 aromatic heterocycles. The van der Waals surface area contributed by atoms with Gasteiger partial charge in [0, 0.05) is 13.1 Å². The molecule has 0 unspecified atom stereocenters. The summed E-state index contributed by atoms with van der Waals surface area (Å²) in [7, 11) is -3.28. The Balaban J connectivity index is 2.46. The maximum Gasteiger partial charge on any atom is 0.237 e. The number of carbonyl (C=O) groups excluding carboxylic acids is 1. The lowest BCUT2D eigenvalue weighted by molar-refractivity contribution is -0.128. The predicted octanol–water partition coefficient (Wildman–Crippen LogP) is 0.153. The molecule has 0 spiro atoms. The van der Waals surface area contributed by atoms with E-state index in [9.17, 15) is 13.2 Å². The van der Waals surface area contributed by atoms with Gasteiger partial charge < -0.3 is 10.6 Å². The Morgan fingerprint density at radius 3 is 2.24 bits per heavy atom. The van der Waals surface area contributed by atoms with E-state index in [0.717, 1.165) is 25.7 Å². The first kappa shape index (κ1) is 14.4. The van der Waals surface area contributed by atoms with Crippen molar-refractivity contribution >= 4 is 15.7 Å². The number of hydrogen-bond donors (Lipinski definition) is 1. The summed E-state index contributed by atoms with van der Waals surface area (Å²) in [5.74, 6) is -0.584. The largest absolute Gasteiger partial charge is 0.342 e. The maximum absolute atomic E-state index is 11.8. The van der Waals surface area contributed by atoms with Gasteiger partial charge in [0.15, 0.2) is 9.84 Å². The molecule has 0 aliphatic carbocycles. The molecule has 6 heteroatoms. The molecule has 1 saturated heterocycles. The van der Waals surface area contributed by atoms with E-state index in [4.69, 9.17) is 5.73 Å². The summed E-state index contributed by atoms with van der Waals surface area (Å²) in [5, 5.41) is 0. The summed E-state index contributed by atoms with van der Waals surface area (Å²) in [6.45, 7) is 1.74. The van der Waals surface area contributed by atoms with E-state index in [-0.39, 0.29) is 17.4 Å². The highest BCUT2D eigenvalue weighted by Crippen LogP contribution is 2.10. The lowest BCUT2D eigenvalue weighted by Crippen LogP contribution is -2.37. The molecule has 5 nitrogen and oxygen atoms in total. The van der Waals surface area contributed by atoms with E-state index in [1.54, 1.807) is 4.90 Å². The van der Waals surface area contributed by atoms with Gasteiger partial charge >= 0.3 is 0 Å². The zero-order valence-electron chi connectivity index (χ0n) is 10.2. The Morgan fingerprint density at radius 2 is 1.71 bits per heavy atom. The van der Waals surface area contributed by atoms with Gasteiger partial charge in [0.1, 0.15) is 5.75 Å². The zero-order chi connectivity index (χ0) is 12.7. The highest BCUT2D eigenvalue weighted by Gasteiger charge is 2.21. The van der Waals surface area contributed by atoms with Crippen LogP contribution in [0, 0.1) is 0 Å². The van der Waals surface area contributed by atoms with Crippen molar-refractivity contribution in [3.05, 3.63) is 0 Å². The number of carbonyl (C=O) groups is 1. The minimum Gasteiger partial charge on any atom is -0.342 e. The molecule has 0 radical (unpaired) electrons. The van der Waals surface area contributed by atoms with Crippen molar-refractivity contribution in [3.8, 4) is 0 Å². The van der Waals surface area contributed by atoms with Crippen LogP contribution >= 0.6 is 0 Å². The first-order chi connectivity index (χ1) is 8.05. The van der Waals surface area contributed by atoms with E-state index >= 15 is 0 Å². The maximum atomic E-state index is 11.8. The summed E-state index contributed by atoms with van der Waals surface area (Å²) < 4.78 is 23.3. The fourth-order valence-electron chi connectivity index (χ4n) is 1.97. The number of nitrogens with zero attached hydrogens (tertiary/aromatic N) is 1. The lowest BCUT2D eigenvalue weighted by Gasteiger charge is -2.20. The Morgan fingerprint density at radius 1 is 1.12 bits per heavy atom. The molecule has 1 heterocycles. The van der Waals surface area contributed by atoms with Gasteiger partial charge in [0.05, 0.1) is 5.75 Å². The van der Waals surface area contributed by atoms with Crippen LogP contribution in [0.4, 0.5) is 0 Å². The van der Waals surface area contributed by atoms with Gasteiger partial charge in [-0.05, 0) is 25.8 Å². The molecule has 1 aliphatic rings. The van der Waals surface area contributed by atoms with Crippen LogP contribution in [0.5, 0.6) is 0 Å². The fourth-order valence-corrected chi connectivity index (χ4v) is 3.28. The summed E-state index contributed by atoms with van der Waals surface area (Å²) in [6, 6.07) is 0. The number of likely N-dealkylation sites (tertiary alicyclic amines) is 1. The molecule has 0 atom stereocenters. The van der Waals surface area contributed by atoms with Gasteiger partial charge in [-0.2, -0.15) is 0 Å². The van der Waals surface area contributed by atoms with Crippen LogP contribution in [-0.4, -0.2) is 50.4 Å². The van der Waals surface area contributed by atoms with Crippen LogP contribution in [0.3, 0.4) is 0 Å². The number of sulfone groups is 1. The highest BCUT2D eigenvalue weighted by molar-refractivity contribution is 7.92. The molecule has 0 bridgehead atoms. The topological polar surface area (TPSA) is 80.5 Å². The van der Waals surface area contributed by atoms with Gasteiger partial charge in [-0.15, -0.1) is 0 Å². The van der Waals surface area contributed by atoms with Crippen molar-refractivity contribution in [2.75, 3.05) is 31.1 Å². The minimum absolute atomic E-state index is 0.0169. The van der Waals surface area contributed by atoms with Gasteiger partial charge in [-0.3, -0.25) is 4.79 Å². The molecular formula is C11H22N2O3S. The van der Waals surface area contributed by atoms with Gasteiger partial charge in [-0.1, -0.05) is 12.8 Å². The minimum atomic E-state index is -3.28. The van der Waals surface area contributed by atoms with Crippen molar-refractivity contribution in [2.24, 2.45) is 5.73 Å². The van der Waals surface area contributed by atoms with Crippen molar-refractivity contribution in [2.45, 2.75) is 32.1 Å². The van der Waals surface area contributed by atoms with E-state index in [2.05, 4.69) is 0 Å². The number of hydrogen-bond acceptors (Lipinski definition) is 4. The van der Waals surface area contributed by atoms with Crippen LogP contribution in [0.25, 0.3) is 0 Å². The van der Waals surface area contributed by atoms with Crippen LogP contribution in [0.15, 0.2) is 0 Å². The molecule has 1 amide bonds. The van der Waals surface area contributed by atoms with E-state index in [1.807, 2.05) is 0 Å². The van der Waals surface area contributed by atoms with Gasteiger partial charge in [-0.25, -0.2) is 8.42 Å². The molecule has 17 heavy (non-hydrogen) atoms. The number of nitrogens with two attached hydrogens (primary N) is 1. The summed E-state index contributed by atoms with van der Waals surface area (Å²) in [5.41, 5.74) is 5.27. The third-order valence-electron chi connectivity index (χ3n) is 2.96. The normalized spacial score (nSPS) is 17.8. The van der Waals surface area contributed by atoms with Crippen LogP contribution in [-0.2, 0) is 14.6 Å². The van der Waals surface area contributed by atoms with E-state index in [1.165, 1.54) is 0 Å². The Bertz CT molecular complexity index is 333. The second kappa shape index (κ2) is 6.96. The molecule has 0 aromatic carbocycles. The third-order valence-corrected chi connectivity index (χ3v) is 4.56.